The van der Waals surface area contributed by atoms with Crippen LogP contribution in [0.15, 0.2) is 18.2 Å². The first-order valence-corrected chi connectivity index (χ1v) is 5.29. The van der Waals surface area contributed by atoms with Gasteiger partial charge in [-0.1, -0.05) is 12.1 Å². The molecule has 1 aromatic rings. The molecule has 2 rings (SSSR count). The topological polar surface area (TPSA) is 43.8 Å². The number of rotatable bonds is 3. The number of hydrogen-bond donors (Lipinski definition) is 1. The standard InChI is InChI=1S/C12H16N2O2/c1-13(8-15)7-9-3-4-11-10(5-9)6-12(16)14(11)2/h3-5,15H,6-8H2,1-2H3. The number of carbonyl (C=O) groups excluding carboxylic acids is 1. The van der Waals surface area contributed by atoms with Crippen LogP contribution in [0.1, 0.15) is 11.1 Å². The summed E-state index contributed by atoms with van der Waals surface area (Å²) in [5.74, 6) is 0.141. The molecule has 0 saturated heterocycles. The molecule has 86 valence electrons. The number of carbonyl (C=O) groups is 1. The number of aliphatic hydroxyl groups is 1. The number of anilines is 1. The molecule has 1 aliphatic heterocycles. The van der Waals surface area contributed by atoms with E-state index in [0.717, 1.165) is 16.8 Å². The Morgan fingerprint density at radius 3 is 2.94 bits per heavy atom. The SMILES string of the molecule is CN(CO)Cc1ccc2c(c1)CC(=O)N2C. The largest absolute Gasteiger partial charge is 0.381 e. The van der Waals surface area contributed by atoms with E-state index in [1.807, 2.05) is 30.1 Å². The lowest BCUT2D eigenvalue weighted by molar-refractivity contribution is -0.117. The lowest BCUT2D eigenvalue weighted by Crippen LogP contribution is -2.20. The molecule has 1 heterocycles. The first-order valence-electron chi connectivity index (χ1n) is 5.29. The molecule has 1 N–H and O–H groups in total. The zero-order chi connectivity index (χ0) is 11.7. The van der Waals surface area contributed by atoms with Gasteiger partial charge in [0.1, 0.15) is 0 Å². The maximum atomic E-state index is 11.5. The van der Waals surface area contributed by atoms with Gasteiger partial charge in [-0.3, -0.25) is 9.69 Å². The van der Waals surface area contributed by atoms with Crippen LogP contribution in [0.5, 0.6) is 0 Å². The maximum absolute atomic E-state index is 11.5. The molecule has 0 saturated carbocycles. The Kier molecular flexibility index (Phi) is 2.94. The van der Waals surface area contributed by atoms with Crippen molar-refractivity contribution in [2.75, 3.05) is 25.7 Å². The van der Waals surface area contributed by atoms with Gasteiger partial charge in [-0.05, 0) is 24.2 Å². The third kappa shape index (κ3) is 1.94. The molecular formula is C12H16N2O2. The van der Waals surface area contributed by atoms with Gasteiger partial charge in [-0.2, -0.15) is 0 Å². The van der Waals surface area contributed by atoms with Gasteiger partial charge >= 0.3 is 0 Å². The van der Waals surface area contributed by atoms with E-state index in [4.69, 9.17) is 5.11 Å². The summed E-state index contributed by atoms with van der Waals surface area (Å²) in [6, 6.07) is 6.02. The Labute approximate surface area is 95.1 Å². The van der Waals surface area contributed by atoms with Crippen molar-refractivity contribution in [3.05, 3.63) is 29.3 Å². The van der Waals surface area contributed by atoms with Crippen molar-refractivity contribution in [2.45, 2.75) is 13.0 Å². The van der Waals surface area contributed by atoms with Crippen LogP contribution >= 0.6 is 0 Å². The zero-order valence-electron chi connectivity index (χ0n) is 9.60. The second-order valence-corrected chi connectivity index (χ2v) is 4.25. The molecule has 4 heteroatoms. The molecular weight excluding hydrogens is 204 g/mol. The fourth-order valence-electron chi connectivity index (χ4n) is 1.98. The lowest BCUT2D eigenvalue weighted by atomic mass is 10.1. The first-order chi connectivity index (χ1) is 7.61. The molecule has 0 spiro atoms. The Bertz CT molecular complexity index is 417. The Morgan fingerprint density at radius 2 is 2.25 bits per heavy atom. The number of amides is 1. The minimum Gasteiger partial charge on any atom is -0.381 e. The van der Waals surface area contributed by atoms with Crippen LogP contribution in [-0.2, 0) is 17.8 Å². The lowest BCUT2D eigenvalue weighted by Gasteiger charge is -2.14. The van der Waals surface area contributed by atoms with Crippen molar-refractivity contribution in [1.29, 1.82) is 0 Å². The van der Waals surface area contributed by atoms with Crippen molar-refractivity contribution >= 4 is 11.6 Å². The molecule has 0 aliphatic carbocycles. The van der Waals surface area contributed by atoms with E-state index in [9.17, 15) is 4.79 Å². The third-order valence-electron chi connectivity index (χ3n) is 2.91. The number of benzene rings is 1. The summed E-state index contributed by atoms with van der Waals surface area (Å²) < 4.78 is 0. The van der Waals surface area contributed by atoms with Gasteiger partial charge in [0, 0.05) is 19.3 Å². The minimum absolute atomic E-state index is 0.0376. The van der Waals surface area contributed by atoms with Gasteiger partial charge in [0.25, 0.3) is 0 Å². The van der Waals surface area contributed by atoms with E-state index < -0.39 is 0 Å². The summed E-state index contributed by atoms with van der Waals surface area (Å²) in [6.07, 6.45) is 0.489. The number of aliphatic hydroxyl groups excluding tert-OH is 1. The number of nitrogens with zero attached hydrogens (tertiary/aromatic N) is 2. The molecule has 0 unspecified atom stereocenters. The smallest absolute Gasteiger partial charge is 0.231 e. The van der Waals surface area contributed by atoms with Crippen LogP contribution < -0.4 is 4.90 Å². The third-order valence-corrected chi connectivity index (χ3v) is 2.91. The van der Waals surface area contributed by atoms with Gasteiger partial charge in [0.2, 0.25) is 5.91 Å². The van der Waals surface area contributed by atoms with Crippen molar-refractivity contribution < 1.29 is 9.90 Å². The van der Waals surface area contributed by atoms with Crippen molar-refractivity contribution in [2.24, 2.45) is 0 Å². The van der Waals surface area contributed by atoms with Crippen LogP contribution in [-0.4, -0.2) is 36.7 Å². The molecule has 0 fully saturated rings. The molecule has 4 nitrogen and oxygen atoms in total. The molecule has 0 atom stereocenters. The molecule has 0 bridgehead atoms. The second-order valence-electron chi connectivity index (χ2n) is 4.25. The maximum Gasteiger partial charge on any atom is 0.231 e. The average Bonchev–Trinajstić information content (AvgIpc) is 2.54. The molecule has 1 aromatic carbocycles. The fraction of sp³-hybridized carbons (Fsp3) is 0.417. The first kappa shape index (κ1) is 11.1. The quantitative estimate of drug-likeness (QED) is 0.758. The van der Waals surface area contributed by atoms with Crippen molar-refractivity contribution in [3.63, 3.8) is 0 Å². The Morgan fingerprint density at radius 1 is 1.50 bits per heavy atom. The van der Waals surface area contributed by atoms with E-state index in [-0.39, 0.29) is 12.6 Å². The number of hydrogen-bond acceptors (Lipinski definition) is 3. The predicted octanol–water partition coefficient (Wildman–Crippen LogP) is 0.587. The summed E-state index contributed by atoms with van der Waals surface area (Å²) in [7, 11) is 3.65. The Hall–Kier alpha value is -1.39. The van der Waals surface area contributed by atoms with E-state index in [1.54, 1.807) is 11.9 Å². The summed E-state index contributed by atoms with van der Waals surface area (Å²) in [4.78, 5) is 15.0. The van der Waals surface area contributed by atoms with Gasteiger partial charge in [-0.25, -0.2) is 0 Å². The molecule has 16 heavy (non-hydrogen) atoms. The summed E-state index contributed by atoms with van der Waals surface area (Å²) in [5.41, 5.74) is 3.20. The second kappa shape index (κ2) is 4.23. The summed E-state index contributed by atoms with van der Waals surface area (Å²) >= 11 is 0. The zero-order valence-corrected chi connectivity index (χ0v) is 9.60. The normalized spacial score (nSPS) is 14.8. The van der Waals surface area contributed by atoms with Gasteiger partial charge in [-0.15, -0.1) is 0 Å². The van der Waals surface area contributed by atoms with Crippen LogP contribution in [0.3, 0.4) is 0 Å². The summed E-state index contributed by atoms with van der Waals surface area (Å²) in [5, 5.41) is 8.94. The van der Waals surface area contributed by atoms with E-state index in [1.165, 1.54) is 0 Å². The number of likely N-dealkylation sites (N-methyl/N-ethyl adjacent to an activating group) is 1. The molecule has 1 aliphatic rings. The minimum atomic E-state index is 0.0376. The van der Waals surface area contributed by atoms with Gasteiger partial charge in [0.15, 0.2) is 0 Å². The van der Waals surface area contributed by atoms with Gasteiger partial charge in [0.05, 0.1) is 13.2 Å². The Balaban J connectivity index is 2.22. The monoisotopic (exact) mass is 220 g/mol. The molecule has 0 radical (unpaired) electrons. The highest BCUT2D eigenvalue weighted by Gasteiger charge is 2.23. The fourth-order valence-corrected chi connectivity index (χ4v) is 1.98. The van der Waals surface area contributed by atoms with Crippen molar-refractivity contribution in [3.8, 4) is 0 Å². The van der Waals surface area contributed by atoms with Crippen LogP contribution in [0.25, 0.3) is 0 Å². The van der Waals surface area contributed by atoms with E-state index in [0.29, 0.717) is 13.0 Å². The molecule has 0 aromatic heterocycles. The molecule has 1 amide bonds. The van der Waals surface area contributed by atoms with Crippen molar-refractivity contribution in [1.82, 2.24) is 4.90 Å². The van der Waals surface area contributed by atoms with Crippen LogP contribution in [0.2, 0.25) is 0 Å². The average molecular weight is 220 g/mol. The summed E-state index contributed by atoms with van der Waals surface area (Å²) in [6.45, 7) is 0.734. The number of fused-ring (bicyclic) bond motifs is 1. The van der Waals surface area contributed by atoms with Crippen LogP contribution in [0, 0.1) is 0 Å². The van der Waals surface area contributed by atoms with E-state index in [2.05, 4.69) is 0 Å². The van der Waals surface area contributed by atoms with Crippen LogP contribution in [0.4, 0.5) is 5.69 Å². The predicted molar refractivity (Wildman–Crippen MR) is 62.1 cm³/mol. The van der Waals surface area contributed by atoms with E-state index >= 15 is 0 Å². The highest BCUT2D eigenvalue weighted by atomic mass is 16.3. The highest BCUT2D eigenvalue weighted by Crippen LogP contribution is 2.28. The van der Waals surface area contributed by atoms with Gasteiger partial charge < -0.3 is 10.0 Å². The highest BCUT2D eigenvalue weighted by molar-refractivity contribution is 6.00.